The first-order valence-electron chi connectivity index (χ1n) is 5.17. The van der Waals surface area contributed by atoms with Gasteiger partial charge in [0.25, 0.3) is 0 Å². The summed E-state index contributed by atoms with van der Waals surface area (Å²) >= 11 is 5.61. The zero-order valence-electron chi connectivity index (χ0n) is 10.4. The molecule has 1 nitrogen and oxygen atoms in total. The van der Waals surface area contributed by atoms with Crippen LogP contribution in [-0.4, -0.2) is 12.1 Å². The molecule has 0 aliphatic heterocycles. The molecule has 0 rings (SSSR count). The zero-order chi connectivity index (χ0) is 11.4. The summed E-state index contributed by atoms with van der Waals surface area (Å²) in [7, 11) is 0. The fraction of sp³-hybridized carbons (Fsp3) is 0.833. The number of hydrogen-bond donors (Lipinski definition) is 1. The molecule has 0 fully saturated rings. The molecule has 0 saturated heterocycles. The van der Waals surface area contributed by atoms with Gasteiger partial charge in [0.1, 0.15) is 0 Å². The van der Waals surface area contributed by atoms with Gasteiger partial charge in [-0.05, 0) is 38.2 Å². The molecular weight excluding hydrogens is 194 g/mol. The van der Waals surface area contributed by atoms with E-state index in [1.165, 1.54) is 5.57 Å². The molecule has 0 aromatic rings. The molecule has 0 aromatic carbocycles. The minimum Gasteiger partial charge on any atom is -0.308 e. The first-order valence-corrected chi connectivity index (χ1v) is 5.61. The molecule has 0 saturated carbocycles. The van der Waals surface area contributed by atoms with Crippen LogP contribution in [0.25, 0.3) is 0 Å². The van der Waals surface area contributed by atoms with Gasteiger partial charge in [0.15, 0.2) is 0 Å². The highest BCUT2D eigenvalue weighted by atomic mass is 35.5. The Morgan fingerprint density at radius 2 is 1.71 bits per heavy atom. The quantitative estimate of drug-likeness (QED) is 0.753. The smallest absolute Gasteiger partial charge is 0.0178 e. The van der Waals surface area contributed by atoms with E-state index in [1.807, 2.05) is 6.92 Å². The maximum Gasteiger partial charge on any atom is 0.0178 e. The van der Waals surface area contributed by atoms with Crippen molar-refractivity contribution in [3.63, 3.8) is 0 Å². The van der Waals surface area contributed by atoms with E-state index in [0.29, 0.717) is 5.41 Å². The van der Waals surface area contributed by atoms with Gasteiger partial charge in [0.2, 0.25) is 0 Å². The lowest BCUT2D eigenvalue weighted by molar-refractivity contribution is 0.247. The van der Waals surface area contributed by atoms with Crippen LogP contribution in [0, 0.1) is 5.41 Å². The average molecular weight is 218 g/mol. The lowest BCUT2D eigenvalue weighted by Crippen LogP contribution is -2.43. The van der Waals surface area contributed by atoms with Crippen molar-refractivity contribution in [2.75, 3.05) is 6.54 Å². The van der Waals surface area contributed by atoms with E-state index >= 15 is 0 Å². The number of hydrogen-bond acceptors (Lipinski definition) is 1. The Balaban J connectivity index is 4.08. The van der Waals surface area contributed by atoms with Crippen LogP contribution in [0.1, 0.15) is 48.0 Å². The Bertz CT molecular complexity index is 199. The summed E-state index contributed by atoms with van der Waals surface area (Å²) in [6, 6.07) is 0. The van der Waals surface area contributed by atoms with Crippen molar-refractivity contribution < 1.29 is 0 Å². The van der Waals surface area contributed by atoms with E-state index in [0.717, 1.165) is 13.0 Å². The summed E-state index contributed by atoms with van der Waals surface area (Å²) in [5, 5.41) is 3.51. The SMILES string of the molecule is CC(=CCl)CNC(C)(C)CC(C)(C)C. The molecule has 14 heavy (non-hydrogen) atoms. The van der Waals surface area contributed by atoms with Crippen LogP contribution in [-0.2, 0) is 0 Å². The molecule has 0 atom stereocenters. The fourth-order valence-corrected chi connectivity index (χ4v) is 1.88. The molecule has 0 aliphatic carbocycles. The first kappa shape index (κ1) is 14.0. The number of rotatable bonds is 4. The van der Waals surface area contributed by atoms with Gasteiger partial charge in [-0.3, -0.25) is 0 Å². The Labute approximate surface area is 93.9 Å². The second-order valence-electron chi connectivity index (χ2n) is 5.93. The summed E-state index contributed by atoms with van der Waals surface area (Å²) in [6.45, 7) is 14.2. The van der Waals surface area contributed by atoms with Crippen LogP contribution >= 0.6 is 11.6 Å². The van der Waals surface area contributed by atoms with Crippen molar-refractivity contribution >= 4 is 11.6 Å². The maximum absolute atomic E-state index is 5.61. The highest BCUT2D eigenvalue weighted by Gasteiger charge is 2.24. The molecule has 0 bridgehead atoms. The Hall–Kier alpha value is -0.0100. The normalized spacial score (nSPS) is 14.6. The minimum atomic E-state index is 0.166. The topological polar surface area (TPSA) is 12.0 Å². The molecule has 0 aliphatic rings. The Morgan fingerprint density at radius 1 is 1.21 bits per heavy atom. The van der Waals surface area contributed by atoms with E-state index in [9.17, 15) is 0 Å². The van der Waals surface area contributed by atoms with E-state index in [4.69, 9.17) is 11.6 Å². The van der Waals surface area contributed by atoms with Crippen molar-refractivity contribution in [2.24, 2.45) is 5.41 Å². The second kappa shape index (κ2) is 5.18. The van der Waals surface area contributed by atoms with Crippen molar-refractivity contribution in [1.29, 1.82) is 0 Å². The lowest BCUT2D eigenvalue weighted by Gasteiger charge is -2.33. The molecule has 84 valence electrons. The van der Waals surface area contributed by atoms with Gasteiger partial charge >= 0.3 is 0 Å². The van der Waals surface area contributed by atoms with Crippen LogP contribution in [0.3, 0.4) is 0 Å². The summed E-state index contributed by atoms with van der Waals surface area (Å²) < 4.78 is 0. The predicted octanol–water partition coefficient (Wildman–Crippen LogP) is 3.93. The third-order valence-electron chi connectivity index (χ3n) is 2.00. The van der Waals surface area contributed by atoms with Gasteiger partial charge in [0.05, 0.1) is 0 Å². The highest BCUT2D eigenvalue weighted by molar-refractivity contribution is 6.25. The molecule has 1 N–H and O–H groups in total. The first-order chi connectivity index (χ1) is 6.16. The lowest BCUT2D eigenvalue weighted by atomic mass is 9.82. The van der Waals surface area contributed by atoms with E-state index in [2.05, 4.69) is 39.9 Å². The molecule has 0 unspecified atom stereocenters. The van der Waals surface area contributed by atoms with Gasteiger partial charge in [-0.2, -0.15) is 0 Å². The van der Waals surface area contributed by atoms with Crippen LogP contribution < -0.4 is 5.32 Å². The summed E-state index contributed by atoms with van der Waals surface area (Å²) in [5.74, 6) is 0. The van der Waals surface area contributed by atoms with Crippen LogP contribution in [0.2, 0.25) is 0 Å². The monoisotopic (exact) mass is 217 g/mol. The maximum atomic E-state index is 5.61. The average Bonchev–Trinajstić information content (AvgIpc) is 1.96. The van der Waals surface area contributed by atoms with E-state index in [-0.39, 0.29) is 5.54 Å². The van der Waals surface area contributed by atoms with Gasteiger partial charge in [-0.25, -0.2) is 0 Å². The minimum absolute atomic E-state index is 0.166. The second-order valence-corrected chi connectivity index (χ2v) is 6.15. The summed E-state index contributed by atoms with van der Waals surface area (Å²) in [5.41, 5.74) is 3.34. The molecule has 0 amide bonds. The van der Waals surface area contributed by atoms with Crippen molar-refractivity contribution in [1.82, 2.24) is 5.32 Å². The Morgan fingerprint density at radius 3 is 2.07 bits per heavy atom. The Kier molecular flexibility index (Phi) is 5.17. The molecule has 0 radical (unpaired) electrons. The summed E-state index contributed by atoms with van der Waals surface area (Å²) in [6.07, 6.45) is 1.15. The largest absolute Gasteiger partial charge is 0.308 e. The van der Waals surface area contributed by atoms with Gasteiger partial charge in [-0.1, -0.05) is 32.4 Å². The van der Waals surface area contributed by atoms with E-state index in [1.54, 1.807) is 5.54 Å². The van der Waals surface area contributed by atoms with Gasteiger partial charge in [-0.15, -0.1) is 0 Å². The van der Waals surface area contributed by atoms with Crippen LogP contribution in [0.15, 0.2) is 11.1 Å². The van der Waals surface area contributed by atoms with Crippen LogP contribution in [0.5, 0.6) is 0 Å². The number of halogens is 1. The van der Waals surface area contributed by atoms with Crippen molar-refractivity contribution in [3.05, 3.63) is 11.1 Å². The fourth-order valence-electron chi connectivity index (χ4n) is 1.81. The van der Waals surface area contributed by atoms with Gasteiger partial charge < -0.3 is 5.32 Å². The molecule has 2 heteroatoms. The molecule has 0 aromatic heterocycles. The summed E-state index contributed by atoms with van der Waals surface area (Å²) in [4.78, 5) is 0. The molecule has 0 heterocycles. The third-order valence-corrected chi connectivity index (χ3v) is 2.38. The third kappa shape index (κ3) is 7.40. The van der Waals surface area contributed by atoms with Crippen molar-refractivity contribution in [3.8, 4) is 0 Å². The number of nitrogens with one attached hydrogen (secondary N) is 1. The van der Waals surface area contributed by atoms with Crippen molar-refractivity contribution in [2.45, 2.75) is 53.5 Å². The molecular formula is C12H24ClN. The standard InChI is InChI=1S/C12H24ClN/c1-10(7-13)8-14-12(5,6)9-11(2,3)4/h7,14H,8-9H2,1-6H3. The highest BCUT2D eigenvalue weighted by Crippen LogP contribution is 2.26. The molecule has 0 spiro atoms. The van der Waals surface area contributed by atoms with Gasteiger partial charge in [0, 0.05) is 17.6 Å². The predicted molar refractivity (Wildman–Crippen MR) is 65.8 cm³/mol. The van der Waals surface area contributed by atoms with Crippen LogP contribution in [0.4, 0.5) is 0 Å². The zero-order valence-corrected chi connectivity index (χ0v) is 11.1. The van der Waals surface area contributed by atoms with E-state index < -0.39 is 0 Å².